The molecule has 0 saturated heterocycles. The Morgan fingerprint density at radius 3 is 2.92 bits per heavy atom. The maximum atomic E-state index is 12.6. The van der Waals surface area contributed by atoms with Gasteiger partial charge in [0, 0.05) is 10.3 Å². The van der Waals surface area contributed by atoms with E-state index >= 15 is 0 Å². The Kier molecular flexibility index (Phi) is 4.33. The standard InChI is InChI=1S/C18H16N4OS2/c1-12(16-7-4-8-25-16)20-17(23)9-22-15-6-3-2-5-13(15)21-18(22)14-10-24-11-19-14/h2-8,10-12H,9H2,1H3,(H,20,23)/t12-/m1/s1. The Morgan fingerprint density at radius 1 is 1.28 bits per heavy atom. The molecular formula is C18H16N4OS2. The highest BCUT2D eigenvalue weighted by atomic mass is 32.1. The van der Waals surface area contributed by atoms with Crippen molar-refractivity contribution in [3.05, 3.63) is 57.5 Å². The van der Waals surface area contributed by atoms with Gasteiger partial charge in [0.05, 0.1) is 22.6 Å². The molecule has 126 valence electrons. The molecule has 1 aromatic carbocycles. The Bertz CT molecular complexity index is 990. The summed E-state index contributed by atoms with van der Waals surface area (Å²) in [6.07, 6.45) is 0. The second-order valence-electron chi connectivity index (χ2n) is 5.69. The molecule has 4 aromatic rings. The van der Waals surface area contributed by atoms with Crippen LogP contribution in [0.1, 0.15) is 17.8 Å². The lowest BCUT2D eigenvalue weighted by molar-refractivity contribution is -0.122. The highest BCUT2D eigenvalue weighted by molar-refractivity contribution is 7.10. The Balaban J connectivity index is 1.64. The fourth-order valence-corrected chi connectivity index (χ4v) is 4.06. The normalized spacial score (nSPS) is 12.4. The summed E-state index contributed by atoms with van der Waals surface area (Å²) in [4.78, 5) is 22.8. The van der Waals surface area contributed by atoms with Crippen molar-refractivity contribution in [2.75, 3.05) is 0 Å². The van der Waals surface area contributed by atoms with Gasteiger partial charge in [-0.05, 0) is 30.5 Å². The molecule has 7 heteroatoms. The molecule has 0 radical (unpaired) electrons. The lowest BCUT2D eigenvalue weighted by Gasteiger charge is -2.14. The van der Waals surface area contributed by atoms with Gasteiger partial charge in [0.15, 0.2) is 5.82 Å². The molecule has 0 fully saturated rings. The lowest BCUT2D eigenvalue weighted by atomic mass is 10.2. The fourth-order valence-electron chi connectivity index (χ4n) is 2.79. The van der Waals surface area contributed by atoms with Gasteiger partial charge in [-0.25, -0.2) is 9.97 Å². The molecule has 1 N–H and O–H groups in total. The molecule has 0 aliphatic carbocycles. The van der Waals surface area contributed by atoms with Crippen LogP contribution >= 0.6 is 22.7 Å². The smallest absolute Gasteiger partial charge is 0.240 e. The minimum Gasteiger partial charge on any atom is -0.347 e. The summed E-state index contributed by atoms with van der Waals surface area (Å²) in [6.45, 7) is 2.21. The first-order valence-corrected chi connectivity index (χ1v) is 9.71. The van der Waals surface area contributed by atoms with E-state index in [2.05, 4.69) is 15.3 Å². The summed E-state index contributed by atoms with van der Waals surface area (Å²) >= 11 is 3.16. The predicted octanol–water partition coefficient (Wildman–Crippen LogP) is 4.10. The highest BCUT2D eigenvalue weighted by Gasteiger charge is 2.17. The number of aromatic nitrogens is 3. The minimum atomic E-state index is -0.0412. The summed E-state index contributed by atoms with van der Waals surface area (Å²) in [7, 11) is 0. The monoisotopic (exact) mass is 368 g/mol. The van der Waals surface area contributed by atoms with Crippen LogP contribution in [0.5, 0.6) is 0 Å². The summed E-state index contributed by atoms with van der Waals surface area (Å²) in [6, 6.07) is 11.9. The van der Waals surface area contributed by atoms with Gasteiger partial charge < -0.3 is 9.88 Å². The van der Waals surface area contributed by atoms with Crippen LogP contribution in [0, 0.1) is 0 Å². The van der Waals surface area contributed by atoms with Gasteiger partial charge in [0.25, 0.3) is 0 Å². The van der Waals surface area contributed by atoms with Crippen molar-refractivity contribution in [3.8, 4) is 11.5 Å². The van der Waals surface area contributed by atoms with Crippen LogP contribution in [0.4, 0.5) is 0 Å². The zero-order valence-electron chi connectivity index (χ0n) is 13.5. The predicted molar refractivity (Wildman–Crippen MR) is 102 cm³/mol. The van der Waals surface area contributed by atoms with Crippen molar-refractivity contribution in [2.24, 2.45) is 0 Å². The van der Waals surface area contributed by atoms with E-state index in [0.717, 1.165) is 27.4 Å². The number of benzene rings is 1. The van der Waals surface area contributed by atoms with E-state index in [9.17, 15) is 4.79 Å². The first kappa shape index (κ1) is 16.0. The molecule has 1 atom stereocenters. The number of nitrogens with one attached hydrogen (secondary N) is 1. The number of fused-ring (bicyclic) bond motifs is 1. The summed E-state index contributed by atoms with van der Waals surface area (Å²) in [5, 5.41) is 7.03. The van der Waals surface area contributed by atoms with Crippen molar-refractivity contribution in [3.63, 3.8) is 0 Å². The number of rotatable bonds is 5. The van der Waals surface area contributed by atoms with E-state index in [1.807, 2.05) is 58.6 Å². The molecule has 5 nitrogen and oxygen atoms in total. The lowest BCUT2D eigenvalue weighted by Crippen LogP contribution is -2.29. The molecule has 4 rings (SSSR count). The number of carbonyl (C=O) groups is 1. The molecular weight excluding hydrogens is 352 g/mol. The van der Waals surface area contributed by atoms with Gasteiger partial charge in [0.2, 0.25) is 5.91 Å². The van der Waals surface area contributed by atoms with Crippen molar-refractivity contribution in [1.82, 2.24) is 19.9 Å². The van der Waals surface area contributed by atoms with E-state index in [-0.39, 0.29) is 18.5 Å². The van der Waals surface area contributed by atoms with Crippen molar-refractivity contribution >= 4 is 39.6 Å². The van der Waals surface area contributed by atoms with E-state index in [1.165, 1.54) is 11.3 Å². The zero-order valence-corrected chi connectivity index (χ0v) is 15.2. The molecule has 3 heterocycles. The number of thiazole rings is 1. The quantitative estimate of drug-likeness (QED) is 0.577. The van der Waals surface area contributed by atoms with Crippen LogP contribution in [0.25, 0.3) is 22.6 Å². The summed E-state index contributed by atoms with van der Waals surface area (Å²) < 4.78 is 1.93. The second kappa shape index (κ2) is 6.78. The van der Waals surface area contributed by atoms with Crippen LogP contribution in [0.3, 0.4) is 0 Å². The number of amides is 1. The number of thiophene rings is 1. The van der Waals surface area contributed by atoms with Gasteiger partial charge >= 0.3 is 0 Å². The number of hydrogen-bond acceptors (Lipinski definition) is 5. The molecule has 0 unspecified atom stereocenters. The van der Waals surface area contributed by atoms with Crippen molar-refractivity contribution in [1.29, 1.82) is 0 Å². The molecule has 25 heavy (non-hydrogen) atoms. The van der Waals surface area contributed by atoms with Crippen LogP contribution in [-0.4, -0.2) is 20.4 Å². The first-order valence-electron chi connectivity index (χ1n) is 7.89. The van der Waals surface area contributed by atoms with Crippen LogP contribution in [0.2, 0.25) is 0 Å². The average molecular weight is 368 g/mol. The Morgan fingerprint density at radius 2 is 2.16 bits per heavy atom. The molecule has 0 spiro atoms. The van der Waals surface area contributed by atoms with Gasteiger partial charge in [-0.15, -0.1) is 22.7 Å². The largest absolute Gasteiger partial charge is 0.347 e. The number of carbonyl (C=O) groups excluding carboxylic acids is 1. The zero-order chi connectivity index (χ0) is 17.2. The van der Waals surface area contributed by atoms with Gasteiger partial charge in [-0.1, -0.05) is 18.2 Å². The maximum absolute atomic E-state index is 12.6. The van der Waals surface area contributed by atoms with Crippen LogP contribution < -0.4 is 5.32 Å². The van der Waals surface area contributed by atoms with Crippen LogP contribution in [0.15, 0.2) is 52.7 Å². The Labute approximate surface area is 153 Å². The van der Waals surface area contributed by atoms with Crippen molar-refractivity contribution in [2.45, 2.75) is 19.5 Å². The fraction of sp³-hybridized carbons (Fsp3) is 0.167. The number of para-hydroxylation sites is 2. The van der Waals surface area contributed by atoms with E-state index in [0.29, 0.717) is 0 Å². The van der Waals surface area contributed by atoms with E-state index in [1.54, 1.807) is 16.8 Å². The third-order valence-electron chi connectivity index (χ3n) is 3.97. The molecule has 0 saturated carbocycles. The van der Waals surface area contributed by atoms with E-state index in [4.69, 9.17) is 0 Å². The topological polar surface area (TPSA) is 59.8 Å². The highest BCUT2D eigenvalue weighted by Crippen LogP contribution is 2.25. The third kappa shape index (κ3) is 3.20. The third-order valence-corrected chi connectivity index (χ3v) is 5.61. The number of hydrogen-bond donors (Lipinski definition) is 1. The Hall–Kier alpha value is -2.51. The number of imidazole rings is 1. The second-order valence-corrected chi connectivity index (χ2v) is 7.39. The average Bonchev–Trinajstić information content (AvgIpc) is 3.36. The molecule has 3 aromatic heterocycles. The summed E-state index contributed by atoms with van der Waals surface area (Å²) in [5.41, 5.74) is 4.37. The van der Waals surface area contributed by atoms with E-state index < -0.39 is 0 Å². The van der Waals surface area contributed by atoms with Crippen molar-refractivity contribution < 1.29 is 4.79 Å². The van der Waals surface area contributed by atoms with Gasteiger partial charge in [-0.3, -0.25) is 4.79 Å². The van der Waals surface area contributed by atoms with Gasteiger partial charge in [0.1, 0.15) is 12.2 Å². The first-order chi connectivity index (χ1) is 12.2. The molecule has 0 aliphatic rings. The summed E-state index contributed by atoms with van der Waals surface area (Å²) in [5.74, 6) is 0.682. The molecule has 0 bridgehead atoms. The molecule has 1 amide bonds. The van der Waals surface area contributed by atoms with Gasteiger partial charge in [-0.2, -0.15) is 0 Å². The maximum Gasteiger partial charge on any atom is 0.240 e. The SMILES string of the molecule is C[C@@H](NC(=O)Cn1c(-c2cscn2)nc2ccccc21)c1cccs1. The number of nitrogens with zero attached hydrogens (tertiary/aromatic N) is 3. The molecule has 0 aliphatic heterocycles. The van der Waals surface area contributed by atoms with Crippen LogP contribution in [-0.2, 0) is 11.3 Å². The minimum absolute atomic E-state index is 0.00925.